The first-order chi connectivity index (χ1) is 13.0. The van der Waals surface area contributed by atoms with Crippen LogP contribution < -0.4 is 5.32 Å². The van der Waals surface area contributed by atoms with Crippen LogP contribution in [0.25, 0.3) is 10.9 Å². The van der Waals surface area contributed by atoms with E-state index >= 15 is 0 Å². The number of piperidine rings is 1. The molecular formula is C22H29N3O2. The van der Waals surface area contributed by atoms with Crippen molar-refractivity contribution >= 4 is 22.7 Å². The normalized spacial score (nSPS) is 15.1. The van der Waals surface area contributed by atoms with E-state index in [1.807, 2.05) is 36.9 Å². The van der Waals surface area contributed by atoms with Crippen LogP contribution in [0.15, 0.2) is 24.3 Å². The van der Waals surface area contributed by atoms with Gasteiger partial charge in [0.1, 0.15) is 0 Å². The zero-order valence-electron chi connectivity index (χ0n) is 16.5. The van der Waals surface area contributed by atoms with Crippen molar-refractivity contribution < 1.29 is 9.59 Å². The smallest absolute Gasteiger partial charge is 0.227 e. The summed E-state index contributed by atoms with van der Waals surface area (Å²) in [7, 11) is 0. The molecule has 0 radical (unpaired) electrons. The molecule has 0 atom stereocenters. The second-order valence-electron chi connectivity index (χ2n) is 7.44. The van der Waals surface area contributed by atoms with E-state index in [0.29, 0.717) is 19.5 Å². The van der Waals surface area contributed by atoms with Crippen molar-refractivity contribution in [1.82, 2.24) is 15.2 Å². The van der Waals surface area contributed by atoms with Gasteiger partial charge in [0.05, 0.1) is 11.9 Å². The molecule has 2 amide bonds. The van der Waals surface area contributed by atoms with Gasteiger partial charge in [-0.05, 0) is 50.3 Å². The summed E-state index contributed by atoms with van der Waals surface area (Å²) in [5.74, 6) is 0.298. The molecule has 1 saturated heterocycles. The third-order valence-electron chi connectivity index (χ3n) is 5.58. The van der Waals surface area contributed by atoms with Crippen LogP contribution in [0.2, 0.25) is 0 Å². The molecule has 1 fully saturated rings. The molecule has 1 aliphatic rings. The topological polar surface area (TPSA) is 62.3 Å². The third kappa shape index (κ3) is 4.29. The van der Waals surface area contributed by atoms with Crippen molar-refractivity contribution in [2.45, 2.75) is 46.5 Å². The maximum absolute atomic E-state index is 12.9. The Labute approximate surface area is 161 Å². The zero-order valence-corrected chi connectivity index (χ0v) is 16.5. The first kappa shape index (κ1) is 19.3. The second kappa shape index (κ2) is 8.51. The van der Waals surface area contributed by atoms with Crippen molar-refractivity contribution in [2.24, 2.45) is 5.92 Å². The molecule has 1 aromatic heterocycles. The van der Waals surface area contributed by atoms with Crippen LogP contribution in [-0.4, -0.2) is 41.3 Å². The van der Waals surface area contributed by atoms with Crippen molar-refractivity contribution in [3.8, 4) is 0 Å². The van der Waals surface area contributed by atoms with E-state index in [-0.39, 0.29) is 17.7 Å². The minimum absolute atomic E-state index is 0.0337. The number of hydrogen-bond donors (Lipinski definition) is 1. The number of aromatic nitrogens is 1. The predicted molar refractivity (Wildman–Crippen MR) is 108 cm³/mol. The van der Waals surface area contributed by atoms with Crippen LogP contribution in [0.3, 0.4) is 0 Å². The van der Waals surface area contributed by atoms with Gasteiger partial charge in [0.15, 0.2) is 0 Å². The number of nitrogens with zero attached hydrogens (tertiary/aromatic N) is 2. The summed E-state index contributed by atoms with van der Waals surface area (Å²) in [6.07, 6.45) is 2.81. The highest BCUT2D eigenvalue weighted by Gasteiger charge is 2.27. The Balaban J connectivity index is 1.65. The number of likely N-dealkylation sites (tertiary alicyclic amines) is 1. The summed E-state index contributed by atoms with van der Waals surface area (Å²) in [6.45, 7) is 8.14. The molecule has 0 spiro atoms. The molecule has 0 bridgehead atoms. The van der Waals surface area contributed by atoms with E-state index < -0.39 is 0 Å². The molecule has 0 aliphatic carbocycles. The Morgan fingerprint density at radius 2 is 1.89 bits per heavy atom. The zero-order chi connectivity index (χ0) is 19.4. The molecule has 1 aromatic carbocycles. The maximum atomic E-state index is 12.9. The van der Waals surface area contributed by atoms with Gasteiger partial charge in [0, 0.05) is 36.6 Å². The van der Waals surface area contributed by atoms with E-state index in [2.05, 4.69) is 23.3 Å². The summed E-state index contributed by atoms with van der Waals surface area (Å²) in [4.78, 5) is 31.5. The standard InChI is InChI=1S/C22H29N3O2/c1-4-11-23-22(27)17-9-12-25(13-10-17)21(26)14-19-15(2)18-7-5-6-8-20(18)24-16(19)3/h5-8,17H,4,9-14H2,1-3H3,(H,23,27). The number of carbonyl (C=O) groups is 2. The van der Waals surface area contributed by atoms with Gasteiger partial charge in [0.25, 0.3) is 0 Å². The van der Waals surface area contributed by atoms with Crippen molar-refractivity contribution in [1.29, 1.82) is 0 Å². The Morgan fingerprint density at radius 3 is 2.59 bits per heavy atom. The molecule has 27 heavy (non-hydrogen) atoms. The fourth-order valence-corrected chi connectivity index (χ4v) is 3.88. The average molecular weight is 367 g/mol. The molecule has 2 heterocycles. The van der Waals surface area contributed by atoms with Crippen LogP contribution in [-0.2, 0) is 16.0 Å². The molecule has 1 aliphatic heterocycles. The van der Waals surface area contributed by atoms with Crippen molar-refractivity contribution in [3.63, 3.8) is 0 Å². The lowest BCUT2D eigenvalue weighted by atomic mass is 9.94. The number of amides is 2. The lowest BCUT2D eigenvalue weighted by Gasteiger charge is -2.31. The van der Waals surface area contributed by atoms with Gasteiger partial charge in [-0.1, -0.05) is 25.1 Å². The van der Waals surface area contributed by atoms with Crippen LogP contribution in [0.5, 0.6) is 0 Å². The molecule has 0 saturated carbocycles. The molecule has 0 unspecified atom stereocenters. The molecule has 1 N–H and O–H groups in total. The molecule has 3 rings (SSSR count). The summed E-state index contributed by atoms with van der Waals surface area (Å²) in [6, 6.07) is 8.06. The molecular weight excluding hydrogens is 338 g/mol. The van der Waals surface area contributed by atoms with Gasteiger partial charge < -0.3 is 10.2 Å². The predicted octanol–water partition coefficient (Wildman–Crippen LogP) is 3.16. The SMILES string of the molecule is CCCNC(=O)C1CCN(C(=O)Cc2c(C)nc3ccccc3c2C)CC1. The first-order valence-corrected chi connectivity index (χ1v) is 9.91. The minimum Gasteiger partial charge on any atom is -0.356 e. The summed E-state index contributed by atoms with van der Waals surface area (Å²) >= 11 is 0. The molecule has 5 nitrogen and oxygen atoms in total. The second-order valence-corrected chi connectivity index (χ2v) is 7.44. The van der Waals surface area contributed by atoms with Gasteiger partial charge in [-0.3, -0.25) is 14.6 Å². The maximum Gasteiger partial charge on any atom is 0.227 e. The number of hydrogen-bond acceptors (Lipinski definition) is 3. The van der Waals surface area contributed by atoms with E-state index in [9.17, 15) is 9.59 Å². The molecule has 2 aromatic rings. The monoisotopic (exact) mass is 367 g/mol. The van der Waals surface area contributed by atoms with Gasteiger partial charge in [-0.25, -0.2) is 0 Å². The Morgan fingerprint density at radius 1 is 1.19 bits per heavy atom. The van der Waals surface area contributed by atoms with Crippen LogP contribution in [0.1, 0.15) is 43.0 Å². The van der Waals surface area contributed by atoms with Gasteiger partial charge in [-0.2, -0.15) is 0 Å². The number of aryl methyl sites for hydroxylation is 2. The summed E-state index contributed by atoms with van der Waals surface area (Å²) < 4.78 is 0. The fraction of sp³-hybridized carbons (Fsp3) is 0.500. The largest absolute Gasteiger partial charge is 0.356 e. The quantitative estimate of drug-likeness (QED) is 0.883. The van der Waals surface area contributed by atoms with E-state index in [1.54, 1.807) is 0 Å². The van der Waals surface area contributed by atoms with E-state index in [1.165, 1.54) is 0 Å². The summed E-state index contributed by atoms with van der Waals surface area (Å²) in [5.41, 5.74) is 4.07. The number of pyridine rings is 1. The van der Waals surface area contributed by atoms with Crippen molar-refractivity contribution in [2.75, 3.05) is 19.6 Å². The number of fused-ring (bicyclic) bond motifs is 1. The summed E-state index contributed by atoms with van der Waals surface area (Å²) in [5, 5.41) is 4.08. The molecule has 5 heteroatoms. The Bertz CT molecular complexity index is 839. The van der Waals surface area contributed by atoms with Gasteiger partial charge >= 0.3 is 0 Å². The number of para-hydroxylation sites is 1. The van der Waals surface area contributed by atoms with Crippen LogP contribution in [0, 0.1) is 19.8 Å². The average Bonchev–Trinajstić information content (AvgIpc) is 2.69. The molecule has 144 valence electrons. The first-order valence-electron chi connectivity index (χ1n) is 9.91. The Hall–Kier alpha value is -2.43. The number of rotatable bonds is 5. The third-order valence-corrected chi connectivity index (χ3v) is 5.58. The number of carbonyl (C=O) groups excluding carboxylic acids is 2. The van der Waals surface area contributed by atoms with Crippen molar-refractivity contribution in [3.05, 3.63) is 41.1 Å². The Kier molecular flexibility index (Phi) is 6.09. The van der Waals surface area contributed by atoms with Crippen LogP contribution in [0.4, 0.5) is 0 Å². The highest BCUT2D eigenvalue weighted by molar-refractivity contribution is 5.86. The number of nitrogens with one attached hydrogen (secondary N) is 1. The van der Waals surface area contributed by atoms with E-state index in [4.69, 9.17) is 0 Å². The van der Waals surface area contributed by atoms with E-state index in [0.717, 1.165) is 53.5 Å². The highest BCUT2D eigenvalue weighted by atomic mass is 16.2. The van der Waals surface area contributed by atoms with Gasteiger partial charge in [-0.15, -0.1) is 0 Å². The minimum atomic E-state index is 0.0337. The van der Waals surface area contributed by atoms with Gasteiger partial charge in [0.2, 0.25) is 11.8 Å². The lowest BCUT2D eigenvalue weighted by Crippen LogP contribution is -2.43. The highest BCUT2D eigenvalue weighted by Crippen LogP contribution is 2.24. The fourth-order valence-electron chi connectivity index (χ4n) is 3.88. The lowest BCUT2D eigenvalue weighted by molar-refractivity contribution is -0.135. The van der Waals surface area contributed by atoms with Crippen LogP contribution >= 0.6 is 0 Å². The number of benzene rings is 1.